The van der Waals surface area contributed by atoms with Crippen molar-refractivity contribution < 1.29 is 19.3 Å². The van der Waals surface area contributed by atoms with E-state index in [1.165, 1.54) is 6.33 Å². The van der Waals surface area contributed by atoms with Gasteiger partial charge >= 0.3 is 0 Å². The second-order valence-electron chi connectivity index (χ2n) is 7.04. The summed E-state index contributed by atoms with van der Waals surface area (Å²) >= 11 is 0. The van der Waals surface area contributed by atoms with E-state index in [1.54, 1.807) is 17.2 Å². The minimum Gasteiger partial charge on any atom is -0.394 e. The molecule has 2 aromatic heterocycles. The van der Waals surface area contributed by atoms with E-state index >= 15 is 0 Å². The highest BCUT2D eigenvalue weighted by Gasteiger charge is 2.55. The van der Waals surface area contributed by atoms with E-state index in [-0.39, 0.29) is 18.8 Å². The van der Waals surface area contributed by atoms with Crippen LogP contribution in [0.3, 0.4) is 0 Å². The summed E-state index contributed by atoms with van der Waals surface area (Å²) < 4.78 is 19.7. The molecule has 1 N–H and O–H groups in total. The first-order chi connectivity index (χ1) is 12.4. The lowest BCUT2D eigenvalue weighted by molar-refractivity contribution is -0.199. The third-order valence-electron chi connectivity index (χ3n) is 4.33. The molecule has 0 aliphatic carbocycles. The summed E-state index contributed by atoms with van der Waals surface area (Å²) in [6.07, 6.45) is 3.01. The molecule has 0 spiro atoms. The van der Waals surface area contributed by atoms with Crippen LogP contribution in [-0.4, -0.2) is 80.7 Å². The Morgan fingerprint density at radius 3 is 2.77 bits per heavy atom. The molecule has 2 saturated heterocycles. The quantitative estimate of drug-likeness (QED) is 0.617. The Morgan fingerprint density at radius 1 is 1.27 bits per heavy atom. The third-order valence-corrected chi connectivity index (χ3v) is 4.33. The fraction of sp³-hybridized carbons (Fsp3) is 0.625. The maximum absolute atomic E-state index is 9.64. The van der Waals surface area contributed by atoms with Crippen LogP contribution in [0.2, 0.25) is 0 Å². The van der Waals surface area contributed by atoms with E-state index in [0.717, 1.165) is 0 Å². The Hall–Kier alpha value is -2.14. The van der Waals surface area contributed by atoms with Crippen molar-refractivity contribution in [3.63, 3.8) is 0 Å². The van der Waals surface area contributed by atoms with Crippen molar-refractivity contribution in [1.29, 1.82) is 0 Å². The lowest BCUT2D eigenvalue weighted by Gasteiger charge is -2.24. The van der Waals surface area contributed by atoms with E-state index in [0.29, 0.717) is 17.0 Å². The van der Waals surface area contributed by atoms with Crippen LogP contribution in [-0.2, 0) is 14.2 Å². The summed E-state index contributed by atoms with van der Waals surface area (Å²) in [4.78, 5) is 19.1. The molecule has 10 nitrogen and oxygen atoms in total. The van der Waals surface area contributed by atoms with Crippen LogP contribution >= 0.6 is 0 Å². The average molecular weight is 362 g/mol. The molecule has 2 fully saturated rings. The lowest BCUT2D eigenvalue weighted by atomic mass is 10.1. The highest BCUT2D eigenvalue weighted by atomic mass is 16.8. The second-order valence-corrected chi connectivity index (χ2v) is 7.04. The minimum absolute atomic E-state index is 0.156. The molecule has 10 heteroatoms. The van der Waals surface area contributed by atoms with E-state index in [1.807, 2.05) is 32.8 Å². The predicted molar refractivity (Wildman–Crippen MR) is 92.0 cm³/mol. The van der Waals surface area contributed by atoms with Crippen LogP contribution in [0.4, 0.5) is 5.82 Å². The first-order valence-electron chi connectivity index (χ1n) is 8.40. The summed E-state index contributed by atoms with van der Waals surface area (Å²) in [5.74, 6) is -0.267. The molecule has 0 saturated carbocycles. The number of aliphatic hydroxyl groups excluding tert-OH is 1. The summed E-state index contributed by atoms with van der Waals surface area (Å²) in [7, 11) is 3.75. The summed E-state index contributed by atoms with van der Waals surface area (Å²) in [6, 6.07) is 0. The molecule has 2 aliphatic rings. The molecule has 1 unspecified atom stereocenters. The standard InChI is InChI=1S/C16H22N6O4/c1-16(2)25-11-9(5-23)24-15(12(11)26-16)22-8-19-10-13(20-7-21(3)4)17-6-18-14(10)22/h6-9,11-12,15,23H,5H2,1-4H3/b20-7-/t9-,11?,12+,15-/m1/s1. The maximum Gasteiger partial charge on any atom is 0.184 e. The second kappa shape index (κ2) is 6.23. The Kier molecular flexibility index (Phi) is 4.14. The number of aliphatic imine (C=N–C) groups is 1. The number of fused-ring (bicyclic) bond motifs is 2. The SMILES string of the molecule is CN(C)/C=N\c1ncnc2c1ncn2[C@@H]1O[C@H](CO)C2OC(C)(C)O[C@@H]21. The Bertz CT molecular complexity index is 835. The number of nitrogens with zero attached hydrogens (tertiary/aromatic N) is 6. The van der Waals surface area contributed by atoms with Crippen molar-refractivity contribution in [1.82, 2.24) is 24.4 Å². The van der Waals surface area contributed by atoms with Crippen LogP contribution in [0.1, 0.15) is 20.1 Å². The molecular weight excluding hydrogens is 340 g/mol. The monoisotopic (exact) mass is 362 g/mol. The Balaban J connectivity index is 1.72. The number of imidazole rings is 1. The molecule has 0 aromatic carbocycles. The van der Waals surface area contributed by atoms with E-state index in [9.17, 15) is 5.11 Å². The molecule has 26 heavy (non-hydrogen) atoms. The van der Waals surface area contributed by atoms with Gasteiger partial charge in [0.15, 0.2) is 29.0 Å². The van der Waals surface area contributed by atoms with Crippen LogP contribution in [0.25, 0.3) is 11.2 Å². The molecule has 0 bridgehead atoms. The molecule has 0 radical (unpaired) electrons. The normalized spacial score (nSPS) is 30.3. The Morgan fingerprint density at radius 2 is 2.04 bits per heavy atom. The van der Waals surface area contributed by atoms with Gasteiger partial charge in [-0.3, -0.25) is 4.57 Å². The highest BCUT2D eigenvalue weighted by Crippen LogP contribution is 2.43. The largest absolute Gasteiger partial charge is 0.394 e. The van der Waals surface area contributed by atoms with Crippen molar-refractivity contribution in [2.75, 3.05) is 20.7 Å². The van der Waals surface area contributed by atoms with Crippen LogP contribution in [0.5, 0.6) is 0 Å². The van der Waals surface area contributed by atoms with Gasteiger partial charge in [0.05, 0.1) is 19.3 Å². The van der Waals surface area contributed by atoms with Crippen molar-refractivity contribution in [3.8, 4) is 0 Å². The number of hydrogen-bond donors (Lipinski definition) is 1. The number of rotatable bonds is 4. The number of aliphatic hydroxyl groups is 1. The molecule has 2 aliphatic heterocycles. The lowest BCUT2D eigenvalue weighted by Crippen LogP contribution is -2.31. The van der Waals surface area contributed by atoms with Gasteiger partial charge in [-0.05, 0) is 13.8 Å². The summed E-state index contributed by atoms with van der Waals surface area (Å²) in [5.41, 5.74) is 1.15. The van der Waals surface area contributed by atoms with Gasteiger partial charge in [-0.15, -0.1) is 0 Å². The van der Waals surface area contributed by atoms with E-state index < -0.39 is 18.1 Å². The van der Waals surface area contributed by atoms with Gasteiger partial charge < -0.3 is 24.2 Å². The summed E-state index contributed by atoms with van der Waals surface area (Å²) in [6.45, 7) is 3.54. The first kappa shape index (κ1) is 17.3. The average Bonchev–Trinajstić information content (AvgIpc) is 3.23. The van der Waals surface area contributed by atoms with Crippen LogP contribution in [0.15, 0.2) is 17.6 Å². The van der Waals surface area contributed by atoms with E-state index in [2.05, 4.69) is 19.9 Å². The summed E-state index contributed by atoms with van der Waals surface area (Å²) in [5, 5.41) is 9.64. The van der Waals surface area contributed by atoms with Gasteiger partial charge in [0.2, 0.25) is 0 Å². The van der Waals surface area contributed by atoms with Gasteiger partial charge in [-0.2, -0.15) is 0 Å². The van der Waals surface area contributed by atoms with Gasteiger partial charge in [0.25, 0.3) is 0 Å². The van der Waals surface area contributed by atoms with Crippen LogP contribution < -0.4 is 0 Å². The van der Waals surface area contributed by atoms with Gasteiger partial charge in [-0.1, -0.05) is 0 Å². The van der Waals surface area contributed by atoms with Gasteiger partial charge in [0.1, 0.15) is 24.6 Å². The zero-order chi connectivity index (χ0) is 18.5. The first-order valence-corrected chi connectivity index (χ1v) is 8.40. The highest BCUT2D eigenvalue weighted by molar-refractivity contribution is 5.82. The minimum atomic E-state index is -0.739. The number of hydrogen-bond acceptors (Lipinski definition) is 8. The fourth-order valence-electron chi connectivity index (χ4n) is 3.32. The van der Waals surface area contributed by atoms with Crippen molar-refractivity contribution in [2.24, 2.45) is 4.99 Å². The van der Waals surface area contributed by atoms with Gasteiger partial charge in [0, 0.05) is 14.1 Å². The zero-order valence-corrected chi connectivity index (χ0v) is 15.1. The van der Waals surface area contributed by atoms with Crippen LogP contribution in [0, 0.1) is 0 Å². The molecule has 2 aromatic rings. The zero-order valence-electron chi connectivity index (χ0n) is 15.1. The topological polar surface area (TPSA) is 107 Å². The predicted octanol–water partition coefficient (Wildman–Crippen LogP) is 0.457. The molecule has 140 valence electrons. The molecule has 4 rings (SSSR count). The molecule has 4 atom stereocenters. The Labute approximate surface area is 150 Å². The smallest absolute Gasteiger partial charge is 0.184 e. The maximum atomic E-state index is 9.64. The van der Waals surface area contributed by atoms with Crippen molar-refractivity contribution in [2.45, 2.75) is 44.2 Å². The fourth-order valence-corrected chi connectivity index (χ4v) is 3.32. The van der Waals surface area contributed by atoms with Gasteiger partial charge in [-0.25, -0.2) is 19.9 Å². The van der Waals surface area contributed by atoms with Crippen molar-refractivity contribution in [3.05, 3.63) is 12.7 Å². The number of ether oxygens (including phenoxy) is 3. The molecule has 0 amide bonds. The molecule has 4 heterocycles. The van der Waals surface area contributed by atoms with E-state index in [4.69, 9.17) is 14.2 Å². The van der Waals surface area contributed by atoms with Crippen molar-refractivity contribution >= 4 is 23.3 Å². The number of aromatic nitrogens is 4. The molecular formula is C16H22N6O4. The third kappa shape index (κ3) is 2.84.